The molecule has 34 heavy (non-hydrogen) atoms. The lowest BCUT2D eigenvalue weighted by Gasteiger charge is -2.70. The number of rotatable bonds is 2. The molecule has 6 heteroatoms. The van der Waals surface area contributed by atoms with Crippen molar-refractivity contribution >= 4 is 11.9 Å². The van der Waals surface area contributed by atoms with Gasteiger partial charge < -0.3 is 19.3 Å². The maximum absolute atomic E-state index is 13.2. The van der Waals surface area contributed by atoms with Crippen molar-refractivity contribution < 1.29 is 28.9 Å². The molecule has 0 aromatic heterocycles. The first-order valence-corrected chi connectivity index (χ1v) is 13.1. The Balaban J connectivity index is 1.68. The highest BCUT2D eigenvalue weighted by Crippen LogP contribution is 2.73. The van der Waals surface area contributed by atoms with Gasteiger partial charge in [0.05, 0.1) is 11.7 Å². The highest BCUT2D eigenvalue weighted by atomic mass is 16.6. The lowest BCUT2D eigenvalue weighted by molar-refractivity contribution is -0.229. The molecule has 0 saturated heterocycles. The van der Waals surface area contributed by atoms with Gasteiger partial charge in [0.15, 0.2) is 0 Å². The van der Waals surface area contributed by atoms with E-state index in [1.165, 1.54) is 32.6 Å². The number of carbonyl (C=O) groups excluding carboxylic acids is 2. The van der Waals surface area contributed by atoms with Gasteiger partial charge in [0.2, 0.25) is 6.29 Å². The Morgan fingerprint density at radius 2 is 1.68 bits per heavy atom. The van der Waals surface area contributed by atoms with Crippen molar-refractivity contribution in [1.82, 2.24) is 0 Å². The number of carbonyl (C=O) groups is 2. The average molecular weight is 475 g/mol. The van der Waals surface area contributed by atoms with Crippen molar-refractivity contribution in [2.24, 2.45) is 39.4 Å². The van der Waals surface area contributed by atoms with E-state index in [0.717, 1.165) is 12.8 Å². The summed E-state index contributed by atoms with van der Waals surface area (Å²) in [7, 11) is 1.64. The number of aliphatic hydroxyl groups excluding tert-OH is 1. The van der Waals surface area contributed by atoms with Crippen LogP contribution in [0.2, 0.25) is 0 Å². The molecule has 0 radical (unpaired) electrons. The van der Waals surface area contributed by atoms with Crippen molar-refractivity contribution in [2.75, 3.05) is 7.11 Å². The van der Waals surface area contributed by atoms with Crippen LogP contribution in [0.5, 0.6) is 0 Å². The third kappa shape index (κ3) is 3.00. The van der Waals surface area contributed by atoms with E-state index in [1.807, 2.05) is 0 Å². The van der Waals surface area contributed by atoms with E-state index in [1.54, 1.807) is 7.11 Å². The van der Waals surface area contributed by atoms with E-state index < -0.39 is 23.8 Å². The van der Waals surface area contributed by atoms with Crippen molar-refractivity contribution in [1.29, 1.82) is 0 Å². The van der Waals surface area contributed by atoms with Crippen LogP contribution in [0.4, 0.5) is 0 Å². The monoisotopic (exact) mass is 474 g/mol. The first-order valence-electron chi connectivity index (χ1n) is 13.1. The lowest BCUT2D eigenvalue weighted by Crippen LogP contribution is -2.66. The molecule has 3 fully saturated rings. The summed E-state index contributed by atoms with van der Waals surface area (Å²) < 4.78 is 17.3. The molecule has 5 rings (SSSR count). The molecule has 4 aliphatic carbocycles. The number of hydrogen-bond acceptors (Lipinski definition) is 6. The molecule has 1 N–H and O–H groups in total. The van der Waals surface area contributed by atoms with E-state index in [2.05, 4.69) is 34.6 Å². The lowest BCUT2D eigenvalue weighted by atomic mass is 9.35. The van der Waals surface area contributed by atoms with Crippen LogP contribution in [-0.2, 0) is 23.8 Å². The molecule has 0 unspecified atom stereocenters. The zero-order valence-electron chi connectivity index (χ0n) is 21.9. The molecule has 0 aromatic carbocycles. The number of hydrogen-bond donors (Lipinski definition) is 1. The maximum Gasteiger partial charge on any atom is 0.337 e. The molecule has 9 atom stereocenters. The van der Waals surface area contributed by atoms with E-state index in [9.17, 15) is 14.7 Å². The van der Waals surface area contributed by atoms with Gasteiger partial charge in [-0.05, 0) is 72.5 Å². The minimum absolute atomic E-state index is 0.0345. The third-order valence-electron chi connectivity index (χ3n) is 11.4. The van der Waals surface area contributed by atoms with Gasteiger partial charge in [-0.15, -0.1) is 0 Å². The van der Waals surface area contributed by atoms with E-state index in [-0.39, 0.29) is 28.8 Å². The summed E-state index contributed by atoms with van der Waals surface area (Å²) in [6.45, 7) is 13.3. The third-order valence-corrected chi connectivity index (χ3v) is 11.4. The second-order valence-corrected chi connectivity index (χ2v) is 13.2. The zero-order valence-corrected chi connectivity index (χ0v) is 21.9. The summed E-state index contributed by atoms with van der Waals surface area (Å²) in [5, 5.41) is 10.6. The van der Waals surface area contributed by atoms with Crippen molar-refractivity contribution in [3.05, 3.63) is 11.1 Å². The van der Waals surface area contributed by atoms with Gasteiger partial charge in [0.1, 0.15) is 6.10 Å². The van der Waals surface area contributed by atoms with Crippen LogP contribution in [0.15, 0.2) is 11.1 Å². The molecule has 6 nitrogen and oxygen atoms in total. The molecule has 0 aromatic rings. The van der Waals surface area contributed by atoms with Crippen LogP contribution >= 0.6 is 0 Å². The predicted molar refractivity (Wildman–Crippen MR) is 126 cm³/mol. The average Bonchev–Trinajstić information content (AvgIpc) is 3.03. The van der Waals surface area contributed by atoms with Gasteiger partial charge in [0, 0.05) is 25.0 Å². The van der Waals surface area contributed by atoms with Gasteiger partial charge in [-0.25, -0.2) is 4.79 Å². The largest absolute Gasteiger partial charge is 0.462 e. The Kier molecular flexibility index (Phi) is 5.40. The molecule has 1 heterocycles. The molecular weight excluding hydrogens is 432 g/mol. The number of cyclic esters (lactones) is 1. The fraction of sp³-hybridized carbons (Fsp3) is 0.857. The Morgan fingerprint density at radius 1 is 1.00 bits per heavy atom. The molecule has 0 bridgehead atoms. The van der Waals surface area contributed by atoms with Gasteiger partial charge in [-0.2, -0.15) is 0 Å². The van der Waals surface area contributed by atoms with Crippen molar-refractivity contribution in [3.8, 4) is 0 Å². The van der Waals surface area contributed by atoms with Crippen molar-refractivity contribution in [3.63, 3.8) is 0 Å². The maximum atomic E-state index is 13.2. The van der Waals surface area contributed by atoms with E-state index >= 15 is 0 Å². The standard InChI is InChI=1S/C28H42O6/c1-15(29)33-20-14-18-26(4)11-8-10-25(2,3)17(26)9-12-27(18,5)19-13-16(32-7)21-22(28(19,20)6)24(31)34-23(21)30/h16-20,23,30H,8-14H2,1-7H3/t16-,17+,18-,19+,20-,23-,26+,27-,28-/m1/s1. The van der Waals surface area contributed by atoms with Crippen LogP contribution in [0.1, 0.15) is 86.5 Å². The van der Waals surface area contributed by atoms with Gasteiger partial charge >= 0.3 is 11.9 Å². The molecule has 5 aliphatic rings. The molecule has 0 amide bonds. The predicted octanol–water partition coefficient (Wildman–Crippen LogP) is 4.78. The summed E-state index contributed by atoms with van der Waals surface area (Å²) in [5.41, 5.74) is 0.718. The minimum Gasteiger partial charge on any atom is -0.462 e. The molecular formula is C28H42O6. The summed E-state index contributed by atoms with van der Waals surface area (Å²) in [4.78, 5) is 25.5. The fourth-order valence-corrected chi connectivity index (χ4v) is 10.1. The SMILES string of the molecule is CO[C@@H]1C[C@H]2[C@]3(C)CC[C@H]4C(C)(C)CCC[C@]4(C)[C@H]3C[C@@H](OC(C)=O)[C@]2(C)C2=C1[C@H](O)OC2=O. The fourth-order valence-electron chi connectivity index (χ4n) is 10.1. The molecule has 1 aliphatic heterocycles. The Bertz CT molecular complexity index is 937. The smallest absolute Gasteiger partial charge is 0.337 e. The summed E-state index contributed by atoms with van der Waals surface area (Å²) in [6, 6.07) is 0. The van der Waals surface area contributed by atoms with E-state index in [4.69, 9.17) is 14.2 Å². The summed E-state index contributed by atoms with van der Waals surface area (Å²) in [5.74, 6) is 0.270. The molecule has 0 spiro atoms. The Morgan fingerprint density at radius 3 is 2.32 bits per heavy atom. The van der Waals surface area contributed by atoms with Gasteiger partial charge in [0.25, 0.3) is 0 Å². The van der Waals surface area contributed by atoms with Gasteiger partial charge in [-0.3, -0.25) is 4.79 Å². The number of methoxy groups -OCH3 is 1. The zero-order chi connectivity index (χ0) is 24.8. The molecule has 190 valence electrons. The number of aliphatic hydroxyl groups is 1. The quantitative estimate of drug-likeness (QED) is 0.580. The second kappa shape index (κ2) is 7.55. The summed E-state index contributed by atoms with van der Waals surface area (Å²) >= 11 is 0. The highest BCUT2D eigenvalue weighted by molar-refractivity contribution is 5.94. The van der Waals surface area contributed by atoms with Crippen LogP contribution in [-0.4, -0.2) is 42.7 Å². The first-order chi connectivity index (χ1) is 15.8. The van der Waals surface area contributed by atoms with Crippen LogP contribution in [0, 0.1) is 39.4 Å². The normalized spacial score (nSPS) is 49.4. The molecule has 3 saturated carbocycles. The topological polar surface area (TPSA) is 82.1 Å². The van der Waals surface area contributed by atoms with E-state index in [0.29, 0.717) is 34.8 Å². The van der Waals surface area contributed by atoms with Gasteiger partial charge in [-0.1, -0.05) is 41.0 Å². The van der Waals surface area contributed by atoms with Crippen LogP contribution in [0.25, 0.3) is 0 Å². The Labute approximate surface area is 203 Å². The summed E-state index contributed by atoms with van der Waals surface area (Å²) in [6.07, 6.45) is 5.27. The second-order valence-electron chi connectivity index (χ2n) is 13.2. The Hall–Kier alpha value is -1.40. The van der Waals surface area contributed by atoms with Crippen LogP contribution < -0.4 is 0 Å². The highest BCUT2D eigenvalue weighted by Gasteiger charge is 2.71. The number of esters is 2. The number of fused-ring (bicyclic) bond motifs is 6. The van der Waals surface area contributed by atoms with Crippen LogP contribution in [0.3, 0.4) is 0 Å². The van der Waals surface area contributed by atoms with Crippen molar-refractivity contribution in [2.45, 2.75) is 105 Å². The minimum atomic E-state index is -1.29. The number of ether oxygens (including phenoxy) is 3. The first kappa shape index (κ1) is 24.3.